The molecule has 0 aliphatic rings. The van der Waals surface area contributed by atoms with Gasteiger partial charge in [-0.05, 0) is 18.2 Å². The third-order valence-electron chi connectivity index (χ3n) is 1.62. The zero-order chi connectivity index (χ0) is 10.1. The highest BCUT2D eigenvalue weighted by molar-refractivity contribution is 6.31. The first-order valence-corrected chi connectivity index (χ1v) is 4.15. The van der Waals surface area contributed by atoms with Crippen molar-refractivity contribution in [3.63, 3.8) is 0 Å². The number of carbonyl (C=O) groups excluding carboxylic acids is 1. The summed E-state index contributed by atoms with van der Waals surface area (Å²) in [6.07, 6.45) is -0.907. The first-order valence-electron chi connectivity index (χ1n) is 3.78. The minimum absolute atomic E-state index is 0.0646. The Bertz CT molecular complexity index is 494. The van der Waals surface area contributed by atoms with E-state index in [0.29, 0.717) is 16.1 Å². The predicted molar refractivity (Wildman–Crippen MR) is 51.3 cm³/mol. The van der Waals surface area contributed by atoms with Crippen molar-refractivity contribution in [3.8, 4) is 6.01 Å². The van der Waals surface area contributed by atoms with E-state index in [-0.39, 0.29) is 6.01 Å². The van der Waals surface area contributed by atoms with Crippen molar-refractivity contribution in [2.24, 2.45) is 5.73 Å². The molecule has 0 spiro atoms. The maximum absolute atomic E-state index is 10.4. The zero-order valence-electron chi connectivity index (χ0n) is 6.95. The van der Waals surface area contributed by atoms with Gasteiger partial charge in [0.2, 0.25) is 0 Å². The number of carbonyl (C=O) groups is 1. The average Bonchev–Trinajstić information content (AvgIpc) is 2.44. The number of aromatic nitrogens is 2. The molecule has 1 aromatic heterocycles. The van der Waals surface area contributed by atoms with Gasteiger partial charge in [0.1, 0.15) is 0 Å². The van der Waals surface area contributed by atoms with E-state index in [2.05, 4.69) is 14.7 Å². The molecule has 6 heteroatoms. The third-order valence-corrected chi connectivity index (χ3v) is 1.85. The Morgan fingerprint density at radius 1 is 1.57 bits per heavy atom. The van der Waals surface area contributed by atoms with Crippen LogP contribution in [0.4, 0.5) is 4.79 Å². The molecule has 0 unspecified atom stereocenters. The molecule has 3 N–H and O–H groups in total. The van der Waals surface area contributed by atoms with Gasteiger partial charge in [0.05, 0.1) is 11.0 Å². The van der Waals surface area contributed by atoms with Crippen molar-refractivity contribution in [1.82, 2.24) is 9.97 Å². The summed E-state index contributed by atoms with van der Waals surface area (Å²) in [6, 6.07) is 5.15. The summed E-state index contributed by atoms with van der Waals surface area (Å²) in [5.74, 6) is 0. The van der Waals surface area contributed by atoms with Gasteiger partial charge in [0, 0.05) is 5.02 Å². The molecule has 0 atom stereocenters. The third kappa shape index (κ3) is 1.62. The van der Waals surface area contributed by atoms with E-state index in [4.69, 9.17) is 17.3 Å². The number of hydrogen-bond acceptors (Lipinski definition) is 3. The number of H-pyrrole nitrogens is 1. The van der Waals surface area contributed by atoms with Crippen LogP contribution in [0, 0.1) is 0 Å². The van der Waals surface area contributed by atoms with Gasteiger partial charge in [-0.3, -0.25) is 0 Å². The second kappa shape index (κ2) is 3.19. The SMILES string of the molecule is NC(=O)Oc1nc2ccc(Cl)cc2[nH]1. The molecule has 0 aliphatic heterocycles. The van der Waals surface area contributed by atoms with Crippen LogP contribution in [0.5, 0.6) is 6.01 Å². The minimum atomic E-state index is -0.907. The molecular weight excluding hydrogens is 206 g/mol. The van der Waals surface area contributed by atoms with Crippen LogP contribution < -0.4 is 10.5 Å². The first kappa shape index (κ1) is 8.83. The van der Waals surface area contributed by atoms with Crippen LogP contribution in [0.1, 0.15) is 0 Å². The van der Waals surface area contributed by atoms with E-state index < -0.39 is 6.09 Å². The number of amides is 1. The van der Waals surface area contributed by atoms with Crippen molar-refractivity contribution in [1.29, 1.82) is 0 Å². The van der Waals surface area contributed by atoms with Crippen LogP contribution in [-0.2, 0) is 0 Å². The molecule has 0 aliphatic carbocycles. The lowest BCUT2D eigenvalue weighted by atomic mass is 10.3. The molecule has 1 amide bonds. The fourth-order valence-electron chi connectivity index (χ4n) is 1.10. The summed E-state index contributed by atoms with van der Waals surface area (Å²) in [5.41, 5.74) is 6.18. The largest absolute Gasteiger partial charge is 0.412 e. The zero-order valence-corrected chi connectivity index (χ0v) is 7.71. The van der Waals surface area contributed by atoms with Gasteiger partial charge < -0.3 is 15.5 Å². The standard InChI is InChI=1S/C8H6ClN3O2/c9-4-1-2-5-6(3-4)12-8(11-5)14-7(10)13/h1-3H,(H2,10,13)(H,11,12). The van der Waals surface area contributed by atoms with Gasteiger partial charge in [-0.1, -0.05) is 11.6 Å². The highest BCUT2D eigenvalue weighted by Crippen LogP contribution is 2.19. The maximum Gasteiger partial charge on any atom is 0.412 e. The number of hydrogen-bond donors (Lipinski definition) is 2. The van der Waals surface area contributed by atoms with Crippen molar-refractivity contribution in [2.45, 2.75) is 0 Å². The Hall–Kier alpha value is -1.75. The van der Waals surface area contributed by atoms with Crippen LogP contribution in [0.25, 0.3) is 11.0 Å². The van der Waals surface area contributed by atoms with Crippen LogP contribution in [0.3, 0.4) is 0 Å². The molecule has 0 fully saturated rings. The van der Waals surface area contributed by atoms with Gasteiger partial charge in [-0.15, -0.1) is 0 Å². The summed E-state index contributed by atoms with van der Waals surface area (Å²) in [6.45, 7) is 0. The topological polar surface area (TPSA) is 81.0 Å². The van der Waals surface area contributed by atoms with Gasteiger partial charge in [-0.2, -0.15) is 4.98 Å². The van der Waals surface area contributed by atoms with Crippen LogP contribution in [-0.4, -0.2) is 16.1 Å². The highest BCUT2D eigenvalue weighted by Gasteiger charge is 2.05. The number of ether oxygens (including phenoxy) is 1. The van der Waals surface area contributed by atoms with Crippen LogP contribution >= 0.6 is 11.6 Å². The summed E-state index contributed by atoms with van der Waals surface area (Å²) in [7, 11) is 0. The fraction of sp³-hybridized carbons (Fsp3) is 0. The molecule has 5 nitrogen and oxygen atoms in total. The van der Waals surface area contributed by atoms with Gasteiger partial charge in [0.15, 0.2) is 0 Å². The molecule has 0 saturated heterocycles. The normalized spacial score (nSPS) is 10.4. The Kier molecular flexibility index (Phi) is 2.01. The average molecular weight is 212 g/mol. The fourth-order valence-corrected chi connectivity index (χ4v) is 1.27. The first-order chi connectivity index (χ1) is 6.65. The van der Waals surface area contributed by atoms with Gasteiger partial charge in [-0.25, -0.2) is 4.79 Å². The molecule has 0 saturated carbocycles. The molecular formula is C8H6ClN3O2. The van der Waals surface area contributed by atoms with Crippen molar-refractivity contribution >= 4 is 28.7 Å². The Balaban J connectivity index is 2.46. The molecule has 72 valence electrons. The van der Waals surface area contributed by atoms with Crippen molar-refractivity contribution in [2.75, 3.05) is 0 Å². The molecule has 2 rings (SSSR count). The summed E-state index contributed by atoms with van der Waals surface area (Å²) in [4.78, 5) is 17.1. The van der Waals surface area contributed by atoms with Crippen molar-refractivity contribution in [3.05, 3.63) is 23.2 Å². The Morgan fingerprint density at radius 2 is 2.36 bits per heavy atom. The molecule has 1 heterocycles. The Morgan fingerprint density at radius 3 is 3.07 bits per heavy atom. The number of imidazole rings is 1. The van der Waals surface area contributed by atoms with E-state index in [1.807, 2.05) is 0 Å². The van der Waals surface area contributed by atoms with E-state index in [0.717, 1.165) is 0 Å². The van der Waals surface area contributed by atoms with E-state index >= 15 is 0 Å². The summed E-state index contributed by atoms with van der Waals surface area (Å²) < 4.78 is 4.57. The van der Waals surface area contributed by atoms with Crippen molar-refractivity contribution < 1.29 is 9.53 Å². The number of aromatic amines is 1. The summed E-state index contributed by atoms with van der Waals surface area (Å²) >= 11 is 5.75. The Labute approximate surface area is 83.8 Å². The highest BCUT2D eigenvalue weighted by atomic mass is 35.5. The van der Waals surface area contributed by atoms with E-state index in [9.17, 15) is 4.79 Å². The molecule has 0 bridgehead atoms. The number of nitrogens with one attached hydrogen (secondary N) is 1. The van der Waals surface area contributed by atoms with E-state index in [1.54, 1.807) is 18.2 Å². The number of fused-ring (bicyclic) bond motifs is 1. The summed E-state index contributed by atoms with van der Waals surface area (Å²) in [5, 5.41) is 0.576. The number of nitrogens with two attached hydrogens (primary N) is 1. The lowest BCUT2D eigenvalue weighted by Crippen LogP contribution is -2.16. The maximum atomic E-state index is 10.4. The lowest BCUT2D eigenvalue weighted by molar-refractivity contribution is 0.207. The lowest BCUT2D eigenvalue weighted by Gasteiger charge is -1.91. The smallest absolute Gasteiger partial charge is 0.376 e. The predicted octanol–water partition coefficient (Wildman–Crippen LogP) is 1.67. The van der Waals surface area contributed by atoms with Gasteiger partial charge in [0.25, 0.3) is 0 Å². The quantitative estimate of drug-likeness (QED) is 0.753. The number of nitrogens with zero attached hydrogens (tertiary/aromatic N) is 1. The second-order valence-electron chi connectivity index (χ2n) is 2.62. The number of halogens is 1. The number of primary amides is 1. The van der Waals surface area contributed by atoms with Crippen LogP contribution in [0.15, 0.2) is 18.2 Å². The molecule has 0 radical (unpaired) electrons. The monoisotopic (exact) mass is 211 g/mol. The molecule has 1 aromatic carbocycles. The minimum Gasteiger partial charge on any atom is -0.376 e. The molecule has 2 aromatic rings. The van der Waals surface area contributed by atoms with Crippen LogP contribution in [0.2, 0.25) is 5.02 Å². The molecule has 14 heavy (non-hydrogen) atoms. The number of rotatable bonds is 1. The van der Waals surface area contributed by atoms with E-state index in [1.165, 1.54) is 0 Å². The second-order valence-corrected chi connectivity index (χ2v) is 3.06. The van der Waals surface area contributed by atoms with Gasteiger partial charge >= 0.3 is 12.1 Å². The number of benzene rings is 1.